The van der Waals surface area contributed by atoms with E-state index in [4.69, 9.17) is 10.00 Å². The molecule has 0 saturated carbocycles. The quantitative estimate of drug-likeness (QED) is 0.926. The van der Waals surface area contributed by atoms with Gasteiger partial charge in [-0.25, -0.2) is 0 Å². The lowest BCUT2D eigenvalue weighted by atomic mass is 10.0. The largest absolute Gasteiger partial charge is 0.381 e. The predicted octanol–water partition coefficient (Wildman–Crippen LogP) is 3.69. The highest BCUT2D eigenvalue weighted by atomic mass is 79.9. The summed E-state index contributed by atoms with van der Waals surface area (Å²) in [7, 11) is 0. The third kappa shape index (κ3) is 3.24. The summed E-state index contributed by atoms with van der Waals surface area (Å²) in [6, 6.07) is 8.31. The minimum Gasteiger partial charge on any atom is -0.381 e. The van der Waals surface area contributed by atoms with Gasteiger partial charge in [-0.2, -0.15) is 5.26 Å². The molecule has 1 fully saturated rings. The smallest absolute Gasteiger partial charge is 0.101 e. The molecule has 1 aromatic carbocycles. The number of rotatable bonds is 3. The summed E-state index contributed by atoms with van der Waals surface area (Å²) in [4.78, 5) is 0. The molecule has 18 heavy (non-hydrogen) atoms. The van der Waals surface area contributed by atoms with Gasteiger partial charge in [-0.3, -0.25) is 0 Å². The summed E-state index contributed by atoms with van der Waals surface area (Å²) >= 11 is 3.44. The number of nitriles is 1. The molecule has 2 atom stereocenters. The van der Waals surface area contributed by atoms with Crippen LogP contribution < -0.4 is 5.32 Å². The van der Waals surface area contributed by atoms with Gasteiger partial charge in [0.2, 0.25) is 0 Å². The standard InChI is InChI=1S/C14H17BrN2O/c1-2-13-8-12(5-6-18-13)17-14-7-11(15)4-3-10(14)9-16/h3-4,7,12-13,17H,2,5-6,8H2,1H3. The summed E-state index contributed by atoms with van der Waals surface area (Å²) in [5.74, 6) is 0. The molecule has 0 spiro atoms. The van der Waals surface area contributed by atoms with Crippen LogP contribution in [0.5, 0.6) is 0 Å². The van der Waals surface area contributed by atoms with Crippen molar-refractivity contribution < 1.29 is 4.74 Å². The Bertz CT molecular complexity index is 456. The predicted molar refractivity (Wildman–Crippen MR) is 75.5 cm³/mol. The number of hydrogen-bond acceptors (Lipinski definition) is 3. The molecule has 1 N–H and O–H groups in total. The number of ether oxygens (including phenoxy) is 1. The minimum atomic E-state index is 0.342. The second-order valence-electron chi connectivity index (χ2n) is 4.57. The van der Waals surface area contributed by atoms with E-state index < -0.39 is 0 Å². The van der Waals surface area contributed by atoms with E-state index in [1.165, 1.54) is 0 Å². The van der Waals surface area contributed by atoms with E-state index in [1.807, 2.05) is 18.2 Å². The van der Waals surface area contributed by atoms with Crippen LogP contribution in [0.25, 0.3) is 0 Å². The van der Waals surface area contributed by atoms with Gasteiger partial charge < -0.3 is 10.1 Å². The van der Waals surface area contributed by atoms with Crippen LogP contribution in [0, 0.1) is 11.3 Å². The first-order valence-corrected chi connectivity index (χ1v) is 7.10. The van der Waals surface area contributed by atoms with Gasteiger partial charge in [0, 0.05) is 17.1 Å². The third-order valence-electron chi connectivity index (χ3n) is 3.28. The Morgan fingerprint density at radius 2 is 2.39 bits per heavy atom. The molecule has 0 aromatic heterocycles. The molecule has 1 heterocycles. The van der Waals surface area contributed by atoms with E-state index in [2.05, 4.69) is 34.2 Å². The SMILES string of the molecule is CCC1CC(Nc2cc(Br)ccc2C#N)CCO1. The molecule has 1 saturated heterocycles. The number of halogens is 1. The van der Waals surface area contributed by atoms with Crippen LogP contribution in [0.2, 0.25) is 0 Å². The summed E-state index contributed by atoms with van der Waals surface area (Å²) in [5.41, 5.74) is 1.60. The van der Waals surface area contributed by atoms with E-state index in [1.54, 1.807) is 0 Å². The maximum Gasteiger partial charge on any atom is 0.101 e. The summed E-state index contributed by atoms with van der Waals surface area (Å²) < 4.78 is 6.65. The van der Waals surface area contributed by atoms with Crippen molar-refractivity contribution in [1.29, 1.82) is 5.26 Å². The molecule has 2 unspecified atom stereocenters. The van der Waals surface area contributed by atoms with Crippen molar-refractivity contribution in [3.05, 3.63) is 28.2 Å². The normalized spacial score (nSPS) is 23.4. The number of hydrogen-bond donors (Lipinski definition) is 1. The fourth-order valence-electron chi connectivity index (χ4n) is 2.25. The fourth-order valence-corrected chi connectivity index (χ4v) is 2.61. The van der Waals surface area contributed by atoms with Gasteiger partial charge in [-0.15, -0.1) is 0 Å². The van der Waals surface area contributed by atoms with Gasteiger partial charge in [-0.1, -0.05) is 22.9 Å². The molecule has 1 aliphatic heterocycles. The molecule has 0 amide bonds. The lowest BCUT2D eigenvalue weighted by Crippen LogP contribution is -2.33. The highest BCUT2D eigenvalue weighted by Gasteiger charge is 2.21. The lowest BCUT2D eigenvalue weighted by Gasteiger charge is -2.30. The fraction of sp³-hybridized carbons (Fsp3) is 0.500. The molecule has 96 valence electrons. The maximum absolute atomic E-state index is 9.11. The van der Waals surface area contributed by atoms with Gasteiger partial charge in [0.15, 0.2) is 0 Å². The first-order valence-electron chi connectivity index (χ1n) is 6.30. The van der Waals surface area contributed by atoms with Crippen molar-refractivity contribution in [2.45, 2.75) is 38.3 Å². The topological polar surface area (TPSA) is 45.0 Å². The number of anilines is 1. The molecule has 2 rings (SSSR count). The zero-order valence-corrected chi connectivity index (χ0v) is 12.0. The van der Waals surface area contributed by atoms with Gasteiger partial charge in [0.1, 0.15) is 6.07 Å². The molecular weight excluding hydrogens is 292 g/mol. The van der Waals surface area contributed by atoms with E-state index in [9.17, 15) is 0 Å². The van der Waals surface area contributed by atoms with Crippen LogP contribution in [0.15, 0.2) is 22.7 Å². The molecule has 0 bridgehead atoms. The Kier molecular flexibility index (Phi) is 4.62. The van der Waals surface area contributed by atoms with E-state index in [-0.39, 0.29) is 0 Å². The molecule has 1 aromatic rings. The van der Waals surface area contributed by atoms with Crippen LogP contribution in [0.3, 0.4) is 0 Å². The van der Waals surface area contributed by atoms with Crippen molar-refractivity contribution in [2.24, 2.45) is 0 Å². The second-order valence-corrected chi connectivity index (χ2v) is 5.48. The van der Waals surface area contributed by atoms with Crippen molar-refractivity contribution in [1.82, 2.24) is 0 Å². The number of nitrogens with one attached hydrogen (secondary N) is 1. The molecule has 3 nitrogen and oxygen atoms in total. The molecule has 0 aliphatic carbocycles. The zero-order chi connectivity index (χ0) is 13.0. The lowest BCUT2D eigenvalue weighted by molar-refractivity contribution is 0.00925. The first kappa shape index (κ1) is 13.4. The van der Waals surface area contributed by atoms with Crippen LogP contribution in [0.4, 0.5) is 5.69 Å². The third-order valence-corrected chi connectivity index (χ3v) is 3.78. The van der Waals surface area contributed by atoms with Crippen molar-refractivity contribution in [2.75, 3.05) is 11.9 Å². The number of nitrogens with zero attached hydrogens (tertiary/aromatic N) is 1. The van der Waals surface area contributed by atoms with Gasteiger partial charge in [-0.05, 0) is 37.5 Å². The Hall–Kier alpha value is -1.05. The van der Waals surface area contributed by atoms with Crippen LogP contribution in [-0.2, 0) is 4.74 Å². The van der Waals surface area contributed by atoms with Crippen LogP contribution in [0.1, 0.15) is 31.7 Å². The number of benzene rings is 1. The molecule has 1 aliphatic rings. The maximum atomic E-state index is 9.11. The Balaban J connectivity index is 2.09. The van der Waals surface area contributed by atoms with Crippen molar-refractivity contribution in [3.63, 3.8) is 0 Å². The summed E-state index contributed by atoms with van der Waals surface area (Å²) in [6.07, 6.45) is 3.39. The van der Waals surface area contributed by atoms with E-state index in [0.717, 1.165) is 36.0 Å². The Morgan fingerprint density at radius 3 is 3.11 bits per heavy atom. The molecule has 4 heteroatoms. The van der Waals surface area contributed by atoms with Crippen molar-refractivity contribution >= 4 is 21.6 Å². The average molecular weight is 309 g/mol. The Labute approximate surface area is 116 Å². The van der Waals surface area contributed by atoms with Gasteiger partial charge in [0.05, 0.1) is 17.4 Å². The molecular formula is C14H17BrN2O. The first-order chi connectivity index (χ1) is 8.72. The monoisotopic (exact) mass is 308 g/mol. The summed E-state index contributed by atoms with van der Waals surface area (Å²) in [5, 5.41) is 12.6. The molecule has 0 radical (unpaired) electrons. The van der Waals surface area contributed by atoms with Crippen LogP contribution >= 0.6 is 15.9 Å². The second kappa shape index (κ2) is 6.21. The van der Waals surface area contributed by atoms with Crippen molar-refractivity contribution in [3.8, 4) is 6.07 Å². The van der Waals surface area contributed by atoms with E-state index >= 15 is 0 Å². The van der Waals surface area contributed by atoms with Gasteiger partial charge >= 0.3 is 0 Å². The zero-order valence-electron chi connectivity index (χ0n) is 10.4. The van der Waals surface area contributed by atoms with Gasteiger partial charge in [0.25, 0.3) is 0 Å². The Morgan fingerprint density at radius 1 is 1.56 bits per heavy atom. The highest BCUT2D eigenvalue weighted by molar-refractivity contribution is 9.10. The highest BCUT2D eigenvalue weighted by Crippen LogP contribution is 2.25. The summed E-state index contributed by atoms with van der Waals surface area (Å²) in [6.45, 7) is 2.94. The minimum absolute atomic E-state index is 0.342. The van der Waals surface area contributed by atoms with Crippen LogP contribution in [-0.4, -0.2) is 18.8 Å². The van der Waals surface area contributed by atoms with E-state index in [0.29, 0.717) is 17.7 Å². The average Bonchev–Trinajstić information content (AvgIpc) is 2.39.